The maximum absolute atomic E-state index is 11.1. The Morgan fingerprint density at radius 3 is 2.62 bits per heavy atom. The van der Waals surface area contributed by atoms with Crippen LogP contribution in [0.4, 0.5) is 0 Å². The fourth-order valence-electron chi connectivity index (χ4n) is 1.11. The van der Waals surface area contributed by atoms with Crippen LogP contribution in [0.5, 0.6) is 0 Å². The summed E-state index contributed by atoms with van der Waals surface area (Å²) >= 11 is 0. The van der Waals surface area contributed by atoms with Gasteiger partial charge in [0, 0.05) is 0 Å². The topological polar surface area (TPSA) is 75.3 Å². The molecule has 0 radical (unpaired) electrons. The Morgan fingerprint density at radius 1 is 1.54 bits per heavy atom. The SMILES string of the molecule is CNCCCC[C@@](C)(N)C(=O)CO. The molecule has 0 aliphatic rings. The number of aliphatic hydroxyl groups excluding tert-OH is 1. The number of rotatable bonds is 7. The zero-order valence-corrected chi connectivity index (χ0v) is 8.47. The molecule has 0 rings (SSSR count). The summed E-state index contributed by atoms with van der Waals surface area (Å²) in [4.78, 5) is 11.1. The van der Waals surface area contributed by atoms with Gasteiger partial charge in [-0.2, -0.15) is 0 Å². The Hall–Kier alpha value is -0.450. The lowest BCUT2D eigenvalue weighted by Crippen LogP contribution is -2.46. The minimum atomic E-state index is -0.859. The Labute approximate surface area is 79.5 Å². The Kier molecular flexibility index (Phi) is 5.86. The summed E-state index contributed by atoms with van der Waals surface area (Å²) in [7, 11) is 1.89. The third-order valence-electron chi connectivity index (χ3n) is 2.15. The van der Waals surface area contributed by atoms with E-state index in [1.165, 1.54) is 0 Å². The number of unbranched alkanes of at least 4 members (excludes halogenated alkanes) is 1. The first-order valence-corrected chi connectivity index (χ1v) is 4.62. The lowest BCUT2D eigenvalue weighted by molar-refractivity contribution is -0.126. The van der Waals surface area contributed by atoms with E-state index >= 15 is 0 Å². The number of nitrogens with one attached hydrogen (secondary N) is 1. The molecule has 0 fully saturated rings. The van der Waals surface area contributed by atoms with Crippen LogP contribution in [0.3, 0.4) is 0 Å². The second kappa shape index (κ2) is 6.07. The minimum Gasteiger partial charge on any atom is -0.389 e. The number of hydrogen-bond donors (Lipinski definition) is 3. The van der Waals surface area contributed by atoms with Crippen LogP contribution in [-0.2, 0) is 4.79 Å². The van der Waals surface area contributed by atoms with Gasteiger partial charge in [0.25, 0.3) is 0 Å². The molecular weight excluding hydrogens is 168 g/mol. The number of aliphatic hydroxyl groups is 1. The predicted molar refractivity (Wildman–Crippen MR) is 52.5 cm³/mol. The van der Waals surface area contributed by atoms with Crippen molar-refractivity contribution in [3.63, 3.8) is 0 Å². The molecule has 0 aromatic carbocycles. The highest BCUT2D eigenvalue weighted by Crippen LogP contribution is 2.11. The number of Topliss-reactive ketones (excluding diaryl/α,β-unsaturated/α-hetero) is 1. The maximum atomic E-state index is 11.1. The van der Waals surface area contributed by atoms with Gasteiger partial charge in [0.15, 0.2) is 5.78 Å². The van der Waals surface area contributed by atoms with Crippen LogP contribution in [0.2, 0.25) is 0 Å². The smallest absolute Gasteiger partial charge is 0.177 e. The summed E-state index contributed by atoms with van der Waals surface area (Å²) in [5.41, 5.74) is 4.86. The molecule has 4 nitrogen and oxygen atoms in total. The van der Waals surface area contributed by atoms with Crippen molar-refractivity contribution in [1.82, 2.24) is 5.32 Å². The molecule has 0 unspecified atom stereocenters. The van der Waals surface area contributed by atoms with Crippen LogP contribution in [0.15, 0.2) is 0 Å². The quantitative estimate of drug-likeness (QED) is 0.478. The van der Waals surface area contributed by atoms with Crippen LogP contribution in [-0.4, -0.2) is 36.6 Å². The Morgan fingerprint density at radius 2 is 2.15 bits per heavy atom. The summed E-state index contributed by atoms with van der Waals surface area (Å²) in [6, 6.07) is 0. The molecule has 0 spiro atoms. The second-order valence-corrected chi connectivity index (χ2v) is 3.56. The lowest BCUT2D eigenvalue weighted by Gasteiger charge is -2.21. The van der Waals surface area contributed by atoms with Crippen molar-refractivity contribution in [2.24, 2.45) is 5.73 Å². The Bertz CT molecular complexity index is 158. The second-order valence-electron chi connectivity index (χ2n) is 3.56. The zero-order chi connectivity index (χ0) is 10.3. The fourth-order valence-corrected chi connectivity index (χ4v) is 1.11. The summed E-state index contributed by atoms with van der Waals surface area (Å²) in [5, 5.41) is 11.7. The molecule has 4 heteroatoms. The van der Waals surface area contributed by atoms with Crippen molar-refractivity contribution in [1.29, 1.82) is 0 Å². The summed E-state index contributed by atoms with van der Waals surface area (Å²) in [5.74, 6) is -0.281. The molecule has 0 bridgehead atoms. The molecule has 0 aromatic rings. The highest BCUT2D eigenvalue weighted by atomic mass is 16.3. The third-order valence-corrected chi connectivity index (χ3v) is 2.15. The number of hydrogen-bond acceptors (Lipinski definition) is 4. The highest BCUT2D eigenvalue weighted by Gasteiger charge is 2.26. The van der Waals surface area contributed by atoms with E-state index in [2.05, 4.69) is 5.32 Å². The van der Waals surface area contributed by atoms with E-state index in [0.29, 0.717) is 6.42 Å². The average Bonchev–Trinajstić information content (AvgIpc) is 2.11. The molecular formula is C9H20N2O2. The summed E-state index contributed by atoms with van der Waals surface area (Å²) in [6.07, 6.45) is 2.54. The monoisotopic (exact) mass is 188 g/mol. The number of carbonyl (C=O) groups excluding carboxylic acids is 1. The van der Waals surface area contributed by atoms with E-state index in [4.69, 9.17) is 10.8 Å². The maximum Gasteiger partial charge on any atom is 0.177 e. The molecule has 0 aromatic heterocycles. The average molecular weight is 188 g/mol. The van der Waals surface area contributed by atoms with Gasteiger partial charge in [-0.15, -0.1) is 0 Å². The van der Waals surface area contributed by atoms with Gasteiger partial charge in [-0.3, -0.25) is 4.79 Å². The third kappa shape index (κ3) is 4.98. The minimum absolute atomic E-state index is 0.281. The van der Waals surface area contributed by atoms with E-state index < -0.39 is 12.1 Å². The summed E-state index contributed by atoms with van der Waals surface area (Å²) < 4.78 is 0. The van der Waals surface area contributed by atoms with Crippen molar-refractivity contribution in [3.8, 4) is 0 Å². The van der Waals surface area contributed by atoms with Gasteiger partial charge in [-0.25, -0.2) is 0 Å². The van der Waals surface area contributed by atoms with E-state index in [1.807, 2.05) is 7.05 Å². The van der Waals surface area contributed by atoms with Crippen LogP contribution >= 0.6 is 0 Å². The highest BCUT2D eigenvalue weighted by molar-refractivity contribution is 5.88. The van der Waals surface area contributed by atoms with Gasteiger partial charge in [0.1, 0.15) is 6.61 Å². The molecule has 1 atom stereocenters. The van der Waals surface area contributed by atoms with Gasteiger partial charge in [-0.1, -0.05) is 0 Å². The van der Waals surface area contributed by atoms with E-state index in [9.17, 15) is 4.79 Å². The number of nitrogens with two attached hydrogens (primary N) is 1. The standard InChI is InChI=1S/C9H20N2O2/c1-9(10,8(13)7-12)5-3-4-6-11-2/h11-12H,3-7,10H2,1-2H3/t9-/m1/s1. The molecule has 0 aliphatic carbocycles. The van der Waals surface area contributed by atoms with Gasteiger partial charge in [-0.05, 0) is 39.8 Å². The fraction of sp³-hybridized carbons (Fsp3) is 0.889. The molecule has 0 amide bonds. The molecule has 4 N–H and O–H groups in total. The van der Waals surface area contributed by atoms with E-state index in [-0.39, 0.29) is 5.78 Å². The van der Waals surface area contributed by atoms with Crippen LogP contribution in [0.25, 0.3) is 0 Å². The number of ketones is 1. The first-order valence-electron chi connectivity index (χ1n) is 4.62. The zero-order valence-electron chi connectivity index (χ0n) is 8.47. The molecule has 13 heavy (non-hydrogen) atoms. The van der Waals surface area contributed by atoms with E-state index in [0.717, 1.165) is 19.4 Å². The molecule has 0 heterocycles. The van der Waals surface area contributed by atoms with Crippen molar-refractivity contribution < 1.29 is 9.90 Å². The number of carbonyl (C=O) groups is 1. The van der Waals surface area contributed by atoms with Crippen molar-refractivity contribution >= 4 is 5.78 Å². The predicted octanol–water partition coefficient (Wildman–Crippen LogP) is -0.345. The first kappa shape index (κ1) is 12.6. The first-order chi connectivity index (χ1) is 6.04. The largest absolute Gasteiger partial charge is 0.389 e. The molecule has 0 saturated carbocycles. The van der Waals surface area contributed by atoms with Gasteiger partial charge in [0.2, 0.25) is 0 Å². The van der Waals surface area contributed by atoms with Gasteiger partial charge in [0.05, 0.1) is 5.54 Å². The Balaban J connectivity index is 3.69. The van der Waals surface area contributed by atoms with Gasteiger partial charge >= 0.3 is 0 Å². The summed E-state index contributed by atoms with van der Waals surface area (Å²) in [6.45, 7) is 2.15. The van der Waals surface area contributed by atoms with Crippen LogP contribution < -0.4 is 11.1 Å². The normalized spacial score (nSPS) is 15.4. The lowest BCUT2D eigenvalue weighted by atomic mass is 9.91. The van der Waals surface area contributed by atoms with Gasteiger partial charge < -0.3 is 16.2 Å². The van der Waals surface area contributed by atoms with Crippen LogP contribution in [0.1, 0.15) is 26.2 Å². The van der Waals surface area contributed by atoms with Crippen LogP contribution in [0, 0.1) is 0 Å². The van der Waals surface area contributed by atoms with E-state index in [1.54, 1.807) is 6.92 Å². The van der Waals surface area contributed by atoms with Crippen molar-refractivity contribution in [3.05, 3.63) is 0 Å². The molecule has 0 saturated heterocycles. The molecule has 0 aliphatic heterocycles. The van der Waals surface area contributed by atoms with Crippen molar-refractivity contribution in [2.75, 3.05) is 20.2 Å². The molecule has 78 valence electrons. The van der Waals surface area contributed by atoms with Crippen molar-refractivity contribution in [2.45, 2.75) is 31.7 Å².